The minimum Gasteiger partial charge on any atom is -0.508 e. The number of nitrogens with two attached hydrogens (primary N) is 1. The molecular formula is C13H22N2O. The number of phenolic OH excluding ortho intramolecular Hbond substituents is 1. The molecule has 16 heavy (non-hydrogen) atoms. The molecule has 0 aliphatic heterocycles. The quantitative estimate of drug-likeness (QED) is 0.716. The van der Waals surface area contributed by atoms with Gasteiger partial charge in [0.05, 0.1) is 0 Å². The second-order valence-corrected chi connectivity index (χ2v) is 4.62. The van der Waals surface area contributed by atoms with Crippen molar-refractivity contribution in [3.63, 3.8) is 0 Å². The first-order valence-corrected chi connectivity index (χ1v) is 5.78. The van der Waals surface area contributed by atoms with Crippen LogP contribution in [0.3, 0.4) is 0 Å². The number of aryl methyl sites for hydroxylation is 1. The van der Waals surface area contributed by atoms with Gasteiger partial charge in [-0.05, 0) is 36.9 Å². The highest BCUT2D eigenvalue weighted by Crippen LogP contribution is 2.21. The van der Waals surface area contributed by atoms with E-state index in [9.17, 15) is 5.11 Å². The van der Waals surface area contributed by atoms with Crippen LogP contribution in [0, 0.1) is 18.8 Å². The van der Waals surface area contributed by atoms with Crippen LogP contribution in [0.15, 0.2) is 18.2 Å². The fourth-order valence-electron chi connectivity index (χ4n) is 1.56. The molecule has 0 radical (unpaired) electrons. The zero-order valence-electron chi connectivity index (χ0n) is 10.3. The van der Waals surface area contributed by atoms with E-state index in [2.05, 4.69) is 19.2 Å². The second-order valence-electron chi connectivity index (χ2n) is 4.62. The maximum absolute atomic E-state index is 9.57. The number of nitrogens with one attached hydrogen (secondary N) is 1. The number of anilines is 1. The van der Waals surface area contributed by atoms with Crippen molar-refractivity contribution in [2.75, 3.05) is 18.4 Å². The van der Waals surface area contributed by atoms with Crippen LogP contribution >= 0.6 is 0 Å². The third-order valence-electron chi connectivity index (χ3n) is 3.02. The summed E-state index contributed by atoms with van der Waals surface area (Å²) >= 11 is 0. The largest absolute Gasteiger partial charge is 0.508 e. The molecule has 1 atom stereocenters. The lowest BCUT2D eigenvalue weighted by atomic mass is 9.96. The van der Waals surface area contributed by atoms with Crippen molar-refractivity contribution in [3.05, 3.63) is 23.8 Å². The van der Waals surface area contributed by atoms with Gasteiger partial charge in [-0.25, -0.2) is 0 Å². The standard InChI is InChI=1S/C13H22N2O/c1-9(2)11(7-14)8-15-12-5-4-10(3)13(16)6-12/h4-6,9,11,15-16H,7-8,14H2,1-3H3. The number of rotatable bonds is 5. The lowest BCUT2D eigenvalue weighted by Gasteiger charge is -2.20. The fraction of sp³-hybridized carbons (Fsp3) is 0.538. The molecule has 0 bridgehead atoms. The molecule has 3 nitrogen and oxygen atoms in total. The van der Waals surface area contributed by atoms with E-state index in [0.29, 0.717) is 24.1 Å². The van der Waals surface area contributed by atoms with Crippen LogP contribution in [0.5, 0.6) is 5.75 Å². The summed E-state index contributed by atoms with van der Waals surface area (Å²) < 4.78 is 0. The first-order chi connectivity index (χ1) is 7.54. The van der Waals surface area contributed by atoms with Crippen molar-refractivity contribution in [3.8, 4) is 5.75 Å². The molecule has 0 fully saturated rings. The van der Waals surface area contributed by atoms with E-state index < -0.39 is 0 Å². The monoisotopic (exact) mass is 222 g/mol. The first kappa shape index (κ1) is 12.8. The summed E-state index contributed by atoms with van der Waals surface area (Å²) in [6.07, 6.45) is 0. The van der Waals surface area contributed by atoms with Gasteiger partial charge in [0.2, 0.25) is 0 Å². The summed E-state index contributed by atoms with van der Waals surface area (Å²) in [5.41, 5.74) is 7.54. The summed E-state index contributed by atoms with van der Waals surface area (Å²) in [4.78, 5) is 0. The molecule has 0 aliphatic carbocycles. The highest BCUT2D eigenvalue weighted by atomic mass is 16.3. The van der Waals surface area contributed by atoms with E-state index in [-0.39, 0.29) is 0 Å². The van der Waals surface area contributed by atoms with Crippen LogP contribution in [0.4, 0.5) is 5.69 Å². The van der Waals surface area contributed by atoms with Crippen LogP contribution in [0.2, 0.25) is 0 Å². The van der Waals surface area contributed by atoms with Crippen molar-refractivity contribution >= 4 is 5.69 Å². The van der Waals surface area contributed by atoms with Gasteiger partial charge in [-0.1, -0.05) is 19.9 Å². The Kier molecular flexibility index (Phi) is 4.62. The van der Waals surface area contributed by atoms with Crippen molar-refractivity contribution in [2.24, 2.45) is 17.6 Å². The molecule has 4 N–H and O–H groups in total. The molecule has 0 amide bonds. The Hall–Kier alpha value is -1.22. The molecule has 1 rings (SSSR count). The topological polar surface area (TPSA) is 58.3 Å². The molecular weight excluding hydrogens is 200 g/mol. The Labute approximate surface area is 97.7 Å². The number of phenols is 1. The smallest absolute Gasteiger partial charge is 0.120 e. The second kappa shape index (κ2) is 5.75. The molecule has 0 saturated carbocycles. The van der Waals surface area contributed by atoms with Crippen LogP contribution in [0.25, 0.3) is 0 Å². The normalized spacial score (nSPS) is 12.8. The lowest BCUT2D eigenvalue weighted by molar-refractivity contribution is 0.413. The molecule has 0 aliphatic rings. The highest BCUT2D eigenvalue weighted by Gasteiger charge is 2.10. The Balaban J connectivity index is 2.57. The Morgan fingerprint density at radius 3 is 2.56 bits per heavy atom. The molecule has 0 spiro atoms. The van der Waals surface area contributed by atoms with Gasteiger partial charge in [-0.2, -0.15) is 0 Å². The maximum atomic E-state index is 9.57. The molecule has 0 saturated heterocycles. The first-order valence-electron chi connectivity index (χ1n) is 5.78. The molecule has 0 heterocycles. The molecule has 90 valence electrons. The van der Waals surface area contributed by atoms with Gasteiger partial charge in [0.15, 0.2) is 0 Å². The fourth-order valence-corrected chi connectivity index (χ4v) is 1.56. The predicted molar refractivity (Wildman–Crippen MR) is 68.7 cm³/mol. The van der Waals surface area contributed by atoms with Crippen molar-refractivity contribution in [1.82, 2.24) is 0 Å². The van der Waals surface area contributed by atoms with E-state index >= 15 is 0 Å². The van der Waals surface area contributed by atoms with E-state index in [4.69, 9.17) is 5.73 Å². The summed E-state index contributed by atoms with van der Waals surface area (Å²) in [5, 5.41) is 12.9. The van der Waals surface area contributed by atoms with Crippen molar-refractivity contribution in [2.45, 2.75) is 20.8 Å². The molecule has 3 heteroatoms. The van der Waals surface area contributed by atoms with Crippen molar-refractivity contribution < 1.29 is 5.11 Å². The third kappa shape index (κ3) is 3.42. The van der Waals surface area contributed by atoms with Gasteiger partial charge in [0.25, 0.3) is 0 Å². The van der Waals surface area contributed by atoms with E-state index in [0.717, 1.165) is 17.8 Å². The molecule has 1 unspecified atom stereocenters. The highest BCUT2D eigenvalue weighted by molar-refractivity contribution is 5.50. The average molecular weight is 222 g/mol. The number of hydrogen-bond acceptors (Lipinski definition) is 3. The SMILES string of the molecule is Cc1ccc(NCC(CN)C(C)C)cc1O. The molecule has 0 aromatic heterocycles. The van der Waals surface area contributed by atoms with E-state index in [1.54, 1.807) is 6.07 Å². The van der Waals surface area contributed by atoms with E-state index in [1.807, 2.05) is 19.1 Å². The Morgan fingerprint density at radius 1 is 1.38 bits per heavy atom. The van der Waals surface area contributed by atoms with Gasteiger partial charge in [0.1, 0.15) is 5.75 Å². The van der Waals surface area contributed by atoms with Crippen LogP contribution in [-0.2, 0) is 0 Å². The van der Waals surface area contributed by atoms with Gasteiger partial charge >= 0.3 is 0 Å². The van der Waals surface area contributed by atoms with Gasteiger partial charge in [0, 0.05) is 18.3 Å². The average Bonchev–Trinajstić information content (AvgIpc) is 2.23. The predicted octanol–water partition coefficient (Wildman–Crippen LogP) is 2.34. The summed E-state index contributed by atoms with van der Waals surface area (Å²) in [5.74, 6) is 1.36. The van der Waals surface area contributed by atoms with Crippen molar-refractivity contribution in [1.29, 1.82) is 0 Å². The number of aromatic hydroxyl groups is 1. The third-order valence-corrected chi connectivity index (χ3v) is 3.02. The van der Waals surface area contributed by atoms with Gasteiger partial charge < -0.3 is 16.2 Å². The Morgan fingerprint density at radius 2 is 2.06 bits per heavy atom. The minimum atomic E-state index is 0.332. The van der Waals surface area contributed by atoms with Crippen LogP contribution < -0.4 is 11.1 Å². The lowest BCUT2D eigenvalue weighted by Crippen LogP contribution is -2.27. The molecule has 1 aromatic carbocycles. The zero-order chi connectivity index (χ0) is 12.1. The van der Waals surface area contributed by atoms with Crippen LogP contribution in [0.1, 0.15) is 19.4 Å². The van der Waals surface area contributed by atoms with Gasteiger partial charge in [-0.3, -0.25) is 0 Å². The van der Waals surface area contributed by atoms with Crippen LogP contribution in [-0.4, -0.2) is 18.2 Å². The zero-order valence-corrected chi connectivity index (χ0v) is 10.3. The summed E-state index contributed by atoms with van der Waals surface area (Å²) in [7, 11) is 0. The maximum Gasteiger partial charge on any atom is 0.120 e. The number of hydrogen-bond donors (Lipinski definition) is 3. The Bertz CT molecular complexity index is 337. The number of benzene rings is 1. The molecule has 1 aromatic rings. The minimum absolute atomic E-state index is 0.332. The summed E-state index contributed by atoms with van der Waals surface area (Å²) in [6, 6.07) is 5.64. The van der Waals surface area contributed by atoms with Gasteiger partial charge in [-0.15, -0.1) is 0 Å². The van der Waals surface area contributed by atoms with E-state index in [1.165, 1.54) is 0 Å². The summed E-state index contributed by atoms with van der Waals surface area (Å²) in [6.45, 7) is 7.76.